The number of rotatable bonds is 4. The zero-order valence-electron chi connectivity index (χ0n) is 14.1. The Bertz CT molecular complexity index is 760. The van der Waals surface area contributed by atoms with Gasteiger partial charge in [-0.1, -0.05) is 15.9 Å². The first-order valence-electron chi connectivity index (χ1n) is 8.70. The standard InChI is InChI=1S/C19H21BrN2O3/c20-16-2-3-17(23)15(10-16)12-22-7-5-21(6-8-22)11-14-1-4-18-19(9-14)25-13-24-18/h1-4,9-10,23H,5-8,11-13H2/p+2. The molecule has 25 heavy (non-hydrogen) atoms. The van der Waals surface area contributed by atoms with E-state index >= 15 is 0 Å². The van der Waals surface area contributed by atoms with E-state index in [1.165, 1.54) is 10.5 Å². The van der Waals surface area contributed by atoms with E-state index in [1.807, 2.05) is 18.2 Å². The van der Waals surface area contributed by atoms with Gasteiger partial charge in [-0.15, -0.1) is 0 Å². The number of quaternary nitrogens is 2. The van der Waals surface area contributed by atoms with Gasteiger partial charge in [0, 0.05) is 15.6 Å². The maximum atomic E-state index is 10.0. The van der Waals surface area contributed by atoms with Gasteiger partial charge in [-0.25, -0.2) is 0 Å². The first kappa shape index (κ1) is 16.7. The fraction of sp³-hybridized carbons (Fsp3) is 0.368. The third kappa shape index (κ3) is 3.92. The van der Waals surface area contributed by atoms with Crippen LogP contribution in [0, 0.1) is 0 Å². The maximum Gasteiger partial charge on any atom is 0.231 e. The maximum absolute atomic E-state index is 10.0. The molecule has 0 atom stereocenters. The van der Waals surface area contributed by atoms with Gasteiger partial charge in [0.05, 0.1) is 0 Å². The lowest BCUT2D eigenvalue weighted by Crippen LogP contribution is -3.27. The van der Waals surface area contributed by atoms with Crippen molar-refractivity contribution in [3.63, 3.8) is 0 Å². The number of fused-ring (bicyclic) bond motifs is 1. The lowest BCUT2D eigenvalue weighted by molar-refractivity contribution is -1.02. The first-order chi connectivity index (χ1) is 12.2. The normalized spacial score (nSPS) is 22.1. The van der Waals surface area contributed by atoms with Crippen molar-refractivity contribution in [3.05, 3.63) is 52.0 Å². The molecule has 6 heteroatoms. The Hall–Kier alpha value is -1.76. The largest absolute Gasteiger partial charge is 0.507 e. The van der Waals surface area contributed by atoms with Gasteiger partial charge in [0.25, 0.3) is 0 Å². The molecule has 5 nitrogen and oxygen atoms in total. The van der Waals surface area contributed by atoms with Crippen molar-refractivity contribution in [1.29, 1.82) is 0 Å². The van der Waals surface area contributed by atoms with Crippen LogP contribution in [-0.4, -0.2) is 38.1 Å². The number of ether oxygens (including phenoxy) is 2. The summed E-state index contributed by atoms with van der Waals surface area (Å²) in [5.74, 6) is 2.11. The molecule has 0 saturated carbocycles. The first-order valence-corrected chi connectivity index (χ1v) is 9.50. The van der Waals surface area contributed by atoms with Crippen LogP contribution in [0.3, 0.4) is 0 Å². The molecule has 0 bridgehead atoms. The lowest BCUT2D eigenvalue weighted by atomic mass is 10.1. The Balaban J connectivity index is 1.31. The monoisotopic (exact) mass is 406 g/mol. The number of aromatic hydroxyl groups is 1. The highest BCUT2D eigenvalue weighted by atomic mass is 79.9. The van der Waals surface area contributed by atoms with Gasteiger partial charge in [0.2, 0.25) is 6.79 Å². The second kappa shape index (κ2) is 7.23. The van der Waals surface area contributed by atoms with E-state index in [1.54, 1.807) is 11.0 Å². The molecule has 2 aliphatic heterocycles. The van der Waals surface area contributed by atoms with Gasteiger partial charge in [-0.05, 0) is 36.4 Å². The summed E-state index contributed by atoms with van der Waals surface area (Å²) < 4.78 is 11.9. The van der Waals surface area contributed by atoms with Crippen LogP contribution < -0.4 is 19.3 Å². The number of hydrogen-bond donors (Lipinski definition) is 3. The third-order valence-corrected chi connectivity index (χ3v) is 5.53. The molecular weight excluding hydrogens is 384 g/mol. The predicted octanol–water partition coefficient (Wildman–Crippen LogP) is 0.367. The molecule has 2 aromatic carbocycles. The zero-order valence-corrected chi connectivity index (χ0v) is 15.6. The van der Waals surface area contributed by atoms with Gasteiger partial charge in [0.1, 0.15) is 45.0 Å². The van der Waals surface area contributed by atoms with E-state index in [0.717, 1.165) is 60.8 Å². The second-order valence-electron chi connectivity index (χ2n) is 6.81. The van der Waals surface area contributed by atoms with Crippen molar-refractivity contribution in [2.24, 2.45) is 0 Å². The summed E-state index contributed by atoms with van der Waals surface area (Å²) in [6, 6.07) is 11.9. The molecular formula is C19H23BrN2O3+2. The Morgan fingerprint density at radius 2 is 1.60 bits per heavy atom. The smallest absolute Gasteiger partial charge is 0.231 e. The molecule has 2 aromatic rings. The average molecular weight is 407 g/mol. The van der Waals surface area contributed by atoms with Crippen LogP contribution in [0.25, 0.3) is 0 Å². The van der Waals surface area contributed by atoms with Crippen LogP contribution in [0.4, 0.5) is 0 Å². The van der Waals surface area contributed by atoms with Crippen molar-refractivity contribution >= 4 is 15.9 Å². The summed E-state index contributed by atoms with van der Waals surface area (Å²) in [5.41, 5.74) is 2.32. The minimum absolute atomic E-state index is 0.329. The molecule has 0 aromatic heterocycles. The highest BCUT2D eigenvalue weighted by Crippen LogP contribution is 2.32. The van der Waals surface area contributed by atoms with Crippen molar-refractivity contribution in [1.82, 2.24) is 0 Å². The highest BCUT2D eigenvalue weighted by molar-refractivity contribution is 9.10. The summed E-state index contributed by atoms with van der Waals surface area (Å²) in [7, 11) is 0. The van der Waals surface area contributed by atoms with Crippen LogP contribution in [-0.2, 0) is 13.1 Å². The molecule has 2 aliphatic rings. The summed E-state index contributed by atoms with van der Waals surface area (Å²) in [6.45, 7) is 6.74. The number of piperazine rings is 1. The highest BCUT2D eigenvalue weighted by Gasteiger charge is 2.24. The van der Waals surface area contributed by atoms with Gasteiger partial charge in [0.15, 0.2) is 11.5 Å². The van der Waals surface area contributed by atoms with Crippen molar-refractivity contribution in [2.45, 2.75) is 13.1 Å². The number of halogens is 1. The average Bonchev–Trinajstić information content (AvgIpc) is 3.08. The van der Waals surface area contributed by atoms with E-state index in [0.29, 0.717) is 12.5 Å². The topological polar surface area (TPSA) is 47.6 Å². The Morgan fingerprint density at radius 3 is 2.40 bits per heavy atom. The summed E-state index contributed by atoms with van der Waals surface area (Å²) >= 11 is 3.49. The minimum atomic E-state index is 0.329. The van der Waals surface area contributed by atoms with E-state index in [4.69, 9.17) is 9.47 Å². The summed E-state index contributed by atoms with van der Waals surface area (Å²) in [5, 5.41) is 10.0. The van der Waals surface area contributed by atoms with E-state index in [2.05, 4.69) is 28.1 Å². The van der Waals surface area contributed by atoms with E-state index < -0.39 is 0 Å². The van der Waals surface area contributed by atoms with Crippen LogP contribution in [0.15, 0.2) is 40.9 Å². The van der Waals surface area contributed by atoms with Crippen molar-refractivity contribution < 1.29 is 24.4 Å². The second-order valence-corrected chi connectivity index (χ2v) is 7.73. The molecule has 3 N–H and O–H groups in total. The Labute approximate surface area is 155 Å². The van der Waals surface area contributed by atoms with Gasteiger partial charge in [-0.2, -0.15) is 0 Å². The van der Waals surface area contributed by atoms with Crippen LogP contribution in [0.5, 0.6) is 17.2 Å². The number of phenolic OH excluding ortho intramolecular Hbond substituents is 1. The molecule has 132 valence electrons. The Kier molecular flexibility index (Phi) is 4.83. The van der Waals surface area contributed by atoms with Gasteiger partial charge in [-0.3, -0.25) is 0 Å². The number of hydrogen-bond acceptors (Lipinski definition) is 3. The molecule has 0 amide bonds. The van der Waals surface area contributed by atoms with E-state index in [9.17, 15) is 5.11 Å². The number of phenols is 1. The third-order valence-electron chi connectivity index (χ3n) is 5.04. The molecule has 0 radical (unpaired) electrons. The minimum Gasteiger partial charge on any atom is -0.507 e. The fourth-order valence-electron chi connectivity index (χ4n) is 3.62. The van der Waals surface area contributed by atoms with Crippen LogP contribution >= 0.6 is 15.9 Å². The van der Waals surface area contributed by atoms with Crippen molar-refractivity contribution in [2.75, 3.05) is 33.0 Å². The molecule has 0 unspecified atom stereocenters. The molecule has 1 fully saturated rings. The summed E-state index contributed by atoms with van der Waals surface area (Å²) in [6.07, 6.45) is 0. The van der Waals surface area contributed by atoms with Crippen LogP contribution in [0.2, 0.25) is 0 Å². The van der Waals surface area contributed by atoms with Gasteiger partial charge >= 0.3 is 0 Å². The predicted molar refractivity (Wildman–Crippen MR) is 97.2 cm³/mol. The van der Waals surface area contributed by atoms with E-state index in [-0.39, 0.29) is 0 Å². The molecule has 0 spiro atoms. The Morgan fingerprint density at radius 1 is 0.880 bits per heavy atom. The molecule has 4 rings (SSSR count). The number of benzene rings is 2. The zero-order chi connectivity index (χ0) is 17.2. The lowest BCUT2D eigenvalue weighted by Gasteiger charge is -2.30. The van der Waals surface area contributed by atoms with Crippen molar-refractivity contribution in [3.8, 4) is 17.2 Å². The van der Waals surface area contributed by atoms with Crippen LogP contribution in [0.1, 0.15) is 11.1 Å². The quantitative estimate of drug-likeness (QED) is 0.687. The van der Waals surface area contributed by atoms with Gasteiger partial charge < -0.3 is 24.4 Å². The summed E-state index contributed by atoms with van der Waals surface area (Å²) in [4.78, 5) is 3.13. The SMILES string of the molecule is Oc1ccc(Br)cc1C[NH+]1CC[NH+](Cc2ccc3c(c2)OCO3)CC1. The number of nitrogens with one attached hydrogen (secondary N) is 2. The molecule has 1 saturated heterocycles. The molecule has 2 heterocycles. The fourth-order valence-corrected chi connectivity index (χ4v) is 4.02. The molecule has 0 aliphatic carbocycles.